The molecule has 1 aliphatic heterocycles. The van der Waals surface area contributed by atoms with Crippen LogP contribution in [0.3, 0.4) is 0 Å². The largest absolute Gasteiger partial charge is 0.444 e. The molecule has 23 heavy (non-hydrogen) atoms. The monoisotopic (exact) mass is 348 g/mol. The number of carbonyl (C=O) groups is 1. The first-order chi connectivity index (χ1) is 10.6. The van der Waals surface area contributed by atoms with E-state index in [4.69, 9.17) is 9.47 Å². The summed E-state index contributed by atoms with van der Waals surface area (Å²) in [6.45, 7) is 12.0. The summed E-state index contributed by atoms with van der Waals surface area (Å²) >= 11 is 0. The lowest BCUT2D eigenvalue weighted by molar-refractivity contribution is -0.0355. The Morgan fingerprint density at radius 3 is 2.65 bits per heavy atom. The number of nitrogens with zero attached hydrogens (tertiary/aromatic N) is 1. The number of morpholine rings is 1. The van der Waals surface area contributed by atoms with Crippen molar-refractivity contribution in [3.8, 4) is 0 Å². The summed E-state index contributed by atoms with van der Waals surface area (Å²) in [6.07, 6.45) is 2.22. The van der Waals surface area contributed by atoms with E-state index in [2.05, 4.69) is 12.2 Å². The van der Waals surface area contributed by atoms with Crippen molar-refractivity contribution in [1.82, 2.24) is 10.2 Å². The number of nitrogens with one attached hydrogen (secondary N) is 1. The molecule has 6 nitrogen and oxygen atoms in total. The molecule has 7 heteroatoms. The minimum Gasteiger partial charge on any atom is -0.444 e. The van der Waals surface area contributed by atoms with Crippen molar-refractivity contribution in [3.05, 3.63) is 0 Å². The molecule has 1 rings (SSSR count). The zero-order valence-electron chi connectivity index (χ0n) is 15.3. The first-order valence-corrected chi connectivity index (χ1v) is 9.85. The molecule has 1 saturated heterocycles. The molecule has 136 valence electrons. The van der Waals surface area contributed by atoms with Crippen LogP contribution >= 0.6 is 0 Å². The quantitative estimate of drug-likeness (QED) is 0.792. The van der Waals surface area contributed by atoms with Gasteiger partial charge in [-0.15, -0.1) is 0 Å². The number of hydrogen-bond donors (Lipinski definition) is 1. The van der Waals surface area contributed by atoms with Crippen LogP contribution in [-0.4, -0.2) is 70.7 Å². The van der Waals surface area contributed by atoms with Crippen LogP contribution in [0.5, 0.6) is 0 Å². The van der Waals surface area contributed by atoms with Crippen LogP contribution in [0.1, 0.15) is 41.0 Å². The Labute approximate surface area is 142 Å². The first-order valence-electron chi connectivity index (χ1n) is 8.23. The van der Waals surface area contributed by atoms with E-state index in [-0.39, 0.29) is 23.4 Å². The average Bonchev–Trinajstić information content (AvgIpc) is 2.43. The van der Waals surface area contributed by atoms with Gasteiger partial charge in [0.1, 0.15) is 5.60 Å². The predicted molar refractivity (Wildman–Crippen MR) is 93.2 cm³/mol. The Morgan fingerprint density at radius 1 is 1.43 bits per heavy atom. The van der Waals surface area contributed by atoms with Gasteiger partial charge >= 0.3 is 6.09 Å². The maximum Gasteiger partial charge on any atom is 0.410 e. The van der Waals surface area contributed by atoms with E-state index in [0.717, 1.165) is 6.42 Å². The van der Waals surface area contributed by atoms with E-state index in [1.807, 2.05) is 27.7 Å². The highest BCUT2D eigenvalue weighted by Gasteiger charge is 2.31. The second kappa shape index (κ2) is 8.99. The van der Waals surface area contributed by atoms with E-state index in [1.54, 1.807) is 11.2 Å². The molecule has 1 fully saturated rings. The Morgan fingerprint density at radius 2 is 2.09 bits per heavy atom. The molecule has 0 aromatic heterocycles. The van der Waals surface area contributed by atoms with Crippen LogP contribution in [0.15, 0.2) is 0 Å². The highest BCUT2D eigenvalue weighted by Crippen LogP contribution is 2.17. The van der Waals surface area contributed by atoms with Gasteiger partial charge in [0.05, 0.1) is 19.3 Å². The van der Waals surface area contributed by atoms with Crippen molar-refractivity contribution in [2.75, 3.05) is 32.6 Å². The Balaban J connectivity index is 2.54. The van der Waals surface area contributed by atoms with Gasteiger partial charge in [-0.25, -0.2) is 4.79 Å². The zero-order valence-corrected chi connectivity index (χ0v) is 16.1. The second-order valence-corrected chi connectivity index (χ2v) is 9.06. The SMILES string of the molecule is CC(CC1COCCN1C(=O)OC(C)(C)C)NCC(C)S(C)=O. The average molecular weight is 349 g/mol. The number of rotatable bonds is 6. The van der Waals surface area contributed by atoms with Gasteiger partial charge in [-0.3, -0.25) is 4.21 Å². The number of hydrogen-bond acceptors (Lipinski definition) is 5. The molecular weight excluding hydrogens is 316 g/mol. The maximum absolute atomic E-state index is 12.3. The Bertz CT molecular complexity index is 411. The summed E-state index contributed by atoms with van der Waals surface area (Å²) in [7, 11) is -0.831. The summed E-state index contributed by atoms with van der Waals surface area (Å²) in [4.78, 5) is 14.1. The standard InChI is InChI=1S/C16H32N2O4S/c1-12(17-10-13(2)23(6)20)9-14-11-21-8-7-18(14)15(19)22-16(3,4)5/h12-14,17H,7-11H2,1-6H3. The van der Waals surface area contributed by atoms with E-state index in [0.29, 0.717) is 26.3 Å². The molecule has 0 aliphatic carbocycles. The second-order valence-electron chi connectivity index (χ2n) is 7.26. The normalized spacial score (nSPS) is 23.2. The summed E-state index contributed by atoms with van der Waals surface area (Å²) in [5, 5.41) is 3.50. The van der Waals surface area contributed by atoms with Crippen LogP contribution in [0, 0.1) is 0 Å². The molecule has 0 aromatic carbocycles. The van der Waals surface area contributed by atoms with Crippen molar-refractivity contribution in [2.45, 2.75) is 64.0 Å². The van der Waals surface area contributed by atoms with Crippen molar-refractivity contribution < 1.29 is 18.5 Å². The number of carbonyl (C=O) groups excluding carboxylic acids is 1. The highest BCUT2D eigenvalue weighted by atomic mass is 32.2. The van der Waals surface area contributed by atoms with Gasteiger partial charge in [-0.1, -0.05) is 0 Å². The fourth-order valence-corrected chi connectivity index (χ4v) is 2.72. The minimum atomic E-state index is -0.831. The molecule has 4 atom stereocenters. The van der Waals surface area contributed by atoms with Gasteiger partial charge in [0, 0.05) is 41.4 Å². The lowest BCUT2D eigenvalue weighted by Crippen LogP contribution is -2.52. The molecule has 4 unspecified atom stereocenters. The minimum absolute atomic E-state index is 0.00327. The highest BCUT2D eigenvalue weighted by molar-refractivity contribution is 7.84. The van der Waals surface area contributed by atoms with Crippen molar-refractivity contribution >= 4 is 16.9 Å². The van der Waals surface area contributed by atoms with E-state index >= 15 is 0 Å². The number of ether oxygens (including phenoxy) is 2. The van der Waals surface area contributed by atoms with E-state index in [9.17, 15) is 9.00 Å². The number of amides is 1. The summed E-state index contributed by atoms with van der Waals surface area (Å²) in [5.74, 6) is 0. The van der Waals surface area contributed by atoms with Gasteiger partial charge in [-0.2, -0.15) is 0 Å². The molecule has 1 heterocycles. The fourth-order valence-electron chi connectivity index (χ4n) is 2.39. The summed E-state index contributed by atoms with van der Waals surface area (Å²) < 4.78 is 22.4. The van der Waals surface area contributed by atoms with Gasteiger partial charge < -0.3 is 19.7 Å². The predicted octanol–water partition coefficient (Wildman–Crippen LogP) is 1.76. The van der Waals surface area contributed by atoms with Crippen molar-refractivity contribution in [1.29, 1.82) is 0 Å². The smallest absolute Gasteiger partial charge is 0.410 e. The zero-order chi connectivity index (χ0) is 17.6. The van der Waals surface area contributed by atoms with Crippen LogP contribution in [-0.2, 0) is 20.3 Å². The third-order valence-electron chi connectivity index (χ3n) is 3.80. The summed E-state index contributed by atoms with van der Waals surface area (Å²) in [5.41, 5.74) is -0.496. The van der Waals surface area contributed by atoms with Crippen LogP contribution < -0.4 is 5.32 Å². The molecule has 1 aliphatic rings. The fraction of sp³-hybridized carbons (Fsp3) is 0.938. The Hall–Kier alpha value is -0.660. The molecule has 0 saturated carbocycles. The summed E-state index contributed by atoms with van der Waals surface area (Å²) in [6, 6.07) is 0.209. The molecule has 1 N–H and O–H groups in total. The van der Waals surface area contributed by atoms with Gasteiger partial charge in [-0.05, 0) is 41.0 Å². The molecule has 0 bridgehead atoms. The lowest BCUT2D eigenvalue weighted by Gasteiger charge is -2.37. The molecular formula is C16H32N2O4S. The van der Waals surface area contributed by atoms with Crippen LogP contribution in [0.25, 0.3) is 0 Å². The molecule has 0 radical (unpaired) electrons. The first kappa shape index (κ1) is 20.4. The van der Waals surface area contributed by atoms with E-state index < -0.39 is 16.4 Å². The van der Waals surface area contributed by atoms with Crippen molar-refractivity contribution in [3.63, 3.8) is 0 Å². The van der Waals surface area contributed by atoms with Crippen LogP contribution in [0.4, 0.5) is 4.79 Å². The van der Waals surface area contributed by atoms with Crippen molar-refractivity contribution in [2.24, 2.45) is 0 Å². The lowest BCUT2D eigenvalue weighted by atomic mass is 10.1. The third kappa shape index (κ3) is 7.63. The molecule has 0 spiro atoms. The maximum atomic E-state index is 12.3. The van der Waals surface area contributed by atoms with Crippen LogP contribution in [0.2, 0.25) is 0 Å². The van der Waals surface area contributed by atoms with Gasteiger partial charge in [0.15, 0.2) is 0 Å². The third-order valence-corrected chi connectivity index (χ3v) is 5.10. The topological polar surface area (TPSA) is 67.9 Å². The van der Waals surface area contributed by atoms with E-state index in [1.165, 1.54) is 0 Å². The van der Waals surface area contributed by atoms with Gasteiger partial charge in [0.2, 0.25) is 0 Å². The molecule has 0 aromatic rings. The Kier molecular flexibility index (Phi) is 7.97. The molecule has 1 amide bonds. The van der Waals surface area contributed by atoms with Gasteiger partial charge in [0.25, 0.3) is 0 Å².